The van der Waals surface area contributed by atoms with Crippen LogP contribution in [0.4, 0.5) is 14.9 Å². The molecule has 210 valence electrons. The Hall–Kier alpha value is -2.84. The Morgan fingerprint density at radius 3 is 2.48 bits per heavy atom. The first kappa shape index (κ1) is 28.7. The Morgan fingerprint density at radius 2 is 1.77 bits per heavy atom. The zero-order valence-corrected chi connectivity index (χ0v) is 23.9. The minimum Gasteiger partial charge on any atom is -0.438 e. The fourth-order valence-electron chi connectivity index (χ4n) is 5.87. The van der Waals surface area contributed by atoms with Crippen molar-refractivity contribution in [3.05, 3.63) is 98.2 Å². The zero-order chi connectivity index (χ0) is 28.3. The number of fused-ring (bicyclic) bond motifs is 2. The summed E-state index contributed by atoms with van der Waals surface area (Å²) in [5, 5.41) is 7.13. The smallest absolute Gasteiger partial charge is 0.412 e. The second kappa shape index (κ2) is 12.4. The van der Waals surface area contributed by atoms with Crippen LogP contribution in [0.1, 0.15) is 41.9 Å². The molecule has 1 saturated heterocycles. The summed E-state index contributed by atoms with van der Waals surface area (Å²) in [4.78, 5) is 26.0. The van der Waals surface area contributed by atoms with Gasteiger partial charge < -0.3 is 10.1 Å². The lowest BCUT2D eigenvalue weighted by Crippen LogP contribution is -2.51. The van der Waals surface area contributed by atoms with Gasteiger partial charge in [-0.15, -0.1) is 0 Å². The van der Waals surface area contributed by atoms with E-state index in [-0.39, 0.29) is 17.8 Å². The van der Waals surface area contributed by atoms with Crippen LogP contribution >= 0.6 is 34.8 Å². The van der Waals surface area contributed by atoms with Gasteiger partial charge in [0.25, 0.3) is 0 Å². The summed E-state index contributed by atoms with van der Waals surface area (Å²) >= 11 is 18.7. The number of likely N-dealkylation sites (tertiary alicyclic amines) is 1. The largest absolute Gasteiger partial charge is 0.438 e. The molecule has 0 bridgehead atoms. The summed E-state index contributed by atoms with van der Waals surface area (Å²) in [7, 11) is 0. The number of benzene rings is 3. The van der Waals surface area contributed by atoms with Crippen molar-refractivity contribution in [1.82, 2.24) is 10.2 Å². The van der Waals surface area contributed by atoms with Gasteiger partial charge in [-0.2, -0.15) is 0 Å². The second-order valence-electron chi connectivity index (χ2n) is 10.4. The van der Waals surface area contributed by atoms with Crippen molar-refractivity contribution in [2.24, 2.45) is 0 Å². The lowest BCUT2D eigenvalue weighted by Gasteiger charge is -2.46. The van der Waals surface area contributed by atoms with Crippen molar-refractivity contribution in [3.8, 4) is 0 Å². The third-order valence-electron chi connectivity index (χ3n) is 7.92. The lowest BCUT2D eigenvalue weighted by atomic mass is 9.80. The molecule has 6 nitrogen and oxygen atoms in total. The van der Waals surface area contributed by atoms with Gasteiger partial charge in [0.05, 0.1) is 15.7 Å². The molecule has 2 heterocycles. The number of nitrogens with one attached hydrogen (secondary N) is 2. The van der Waals surface area contributed by atoms with Crippen LogP contribution in [0.15, 0.2) is 60.7 Å². The normalized spacial score (nSPS) is 17.9. The van der Waals surface area contributed by atoms with E-state index in [1.807, 2.05) is 36.4 Å². The maximum absolute atomic E-state index is 14.2. The van der Waals surface area contributed by atoms with Gasteiger partial charge in [-0.25, -0.2) is 9.18 Å². The minimum atomic E-state index is -0.886. The number of rotatable bonds is 9. The summed E-state index contributed by atoms with van der Waals surface area (Å²) < 4.78 is 20.1. The van der Waals surface area contributed by atoms with Crippen LogP contribution < -0.4 is 10.6 Å². The number of hydrogen-bond acceptors (Lipinski definition) is 4. The lowest BCUT2D eigenvalue weighted by molar-refractivity contribution is -0.109. The third kappa shape index (κ3) is 6.39. The number of ether oxygens (including phenoxy) is 1. The molecule has 2 aliphatic rings. The van der Waals surface area contributed by atoms with Gasteiger partial charge >= 0.3 is 6.09 Å². The van der Waals surface area contributed by atoms with Gasteiger partial charge in [0.15, 0.2) is 0 Å². The number of hydrogen-bond donors (Lipinski definition) is 2. The SMILES string of the molecule is O=CNCC(CC(Cc1ccc(Cl)cc1)N1CCC2(CC1)OC(=O)Nc1ccc(F)cc12)c1ccc(Cl)c(Cl)c1. The number of carbonyl (C=O) groups excluding carboxylic acids is 2. The molecule has 1 fully saturated rings. The fourth-order valence-corrected chi connectivity index (χ4v) is 6.30. The highest BCUT2D eigenvalue weighted by atomic mass is 35.5. The monoisotopic (exact) mass is 603 g/mol. The maximum Gasteiger partial charge on any atom is 0.412 e. The number of carbonyl (C=O) groups is 2. The quantitative estimate of drug-likeness (QED) is 0.254. The molecule has 3 aromatic rings. The van der Waals surface area contributed by atoms with Gasteiger partial charge in [-0.1, -0.05) is 53.0 Å². The van der Waals surface area contributed by atoms with Crippen molar-refractivity contribution < 1.29 is 18.7 Å². The first-order chi connectivity index (χ1) is 19.3. The van der Waals surface area contributed by atoms with E-state index in [0.717, 1.165) is 24.0 Å². The van der Waals surface area contributed by atoms with Crippen LogP contribution in [0, 0.1) is 5.82 Å². The Bertz CT molecular complexity index is 1380. The van der Waals surface area contributed by atoms with Gasteiger partial charge in [-0.05, 0) is 66.4 Å². The Morgan fingerprint density at radius 1 is 1.02 bits per heavy atom. The van der Waals surface area contributed by atoms with Crippen LogP contribution in [0.3, 0.4) is 0 Å². The average Bonchev–Trinajstić information content (AvgIpc) is 2.94. The predicted octanol–water partition coefficient (Wildman–Crippen LogP) is 7.17. The van der Waals surface area contributed by atoms with Gasteiger partial charge in [0.1, 0.15) is 11.4 Å². The highest BCUT2D eigenvalue weighted by Crippen LogP contribution is 2.44. The molecule has 2 N–H and O–H groups in total. The van der Waals surface area contributed by atoms with E-state index in [2.05, 4.69) is 15.5 Å². The summed E-state index contributed by atoms with van der Waals surface area (Å²) in [6.07, 6.45) is 2.70. The Balaban J connectivity index is 1.41. The summed E-state index contributed by atoms with van der Waals surface area (Å²) in [6.45, 7) is 1.71. The zero-order valence-electron chi connectivity index (χ0n) is 21.6. The van der Waals surface area contributed by atoms with Crippen LogP contribution in [0.2, 0.25) is 15.1 Å². The van der Waals surface area contributed by atoms with Gasteiger partial charge in [0, 0.05) is 55.0 Å². The first-order valence-corrected chi connectivity index (χ1v) is 14.3. The third-order valence-corrected chi connectivity index (χ3v) is 8.91. The number of nitrogens with zero attached hydrogens (tertiary/aromatic N) is 1. The molecule has 10 heteroatoms. The van der Waals surface area contributed by atoms with E-state index in [0.29, 0.717) is 65.2 Å². The molecule has 0 aromatic heterocycles. The molecular formula is C30H29Cl3FN3O3. The van der Waals surface area contributed by atoms with E-state index in [4.69, 9.17) is 39.5 Å². The minimum absolute atomic E-state index is 0.0281. The molecule has 2 atom stereocenters. The van der Waals surface area contributed by atoms with Crippen LogP contribution in [0.5, 0.6) is 0 Å². The van der Waals surface area contributed by atoms with Crippen LogP contribution in [0.25, 0.3) is 0 Å². The van der Waals surface area contributed by atoms with Crippen molar-refractivity contribution >= 4 is 53.0 Å². The predicted molar refractivity (Wildman–Crippen MR) is 156 cm³/mol. The molecule has 40 heavy (non-hydrogen) atoms. The number of amides is 2. The molecule has 0 radical (unpaired) electrons. The number of piperidine rings is 1. The Labute approximate surface area is 247 Å². The van der Waals surface area contributed by atoms with Crippen molar-refractivity contribution in [3.63, 3.8) is 0 Å². The van der Waals surface area contributed by atoms with E-state index < -0.39 is 11.7 Å². The highest BCUT2D eigenvalue weighted by Gasteiger charge is 2.45. The fraction of sp³-hybridized carbons (Fsp3) is 0.333. The molecule has 3 aromatic carbocycles. The van der Waals surface area contributed by atoms with Crippen molar-refractivity contribution in [2.45, 2.75) is 43.2 Å². The molecular weight excluding hydrogens is 576 g/mol. The van der Waals surface area contributed by atoms with Gasteiger partial charge in [0.2, 0.25) is 6.41 Å². The molecule has 0 aliphatic carbocycles. The topological polar surface area (TPSA) is 70.7 Å². The summed E-state index contributed by atoms with van der Waals surface area (Å²) in [5.41, 5.74) is 2.48. The van der Waals surface area contributed by atoms with E-state index in [1.54, 1.807) is 12.1 Å². The summed E-state index contributed by atoms with van der Waals surface area (Å²) in [5.74, 6) is -0.396. The molecule has 2 amide bonds. The molecule has 0 saturated carbocycles. The molecule has 1 spiro atoms. The van der Waals surface area contributed by atoms with E-state index in [9.17, 15) is 14.0 Å². The highest BCUT2D eigenvalue weighted by molar-refractivity contribution is 6.42. The summed E-state index contributed by atoms with van der Waals surface area (Å²) in [6, 6.07) is 17.8. The number of anilines is 1. The van der Waals surface area contributed by atoms with Crippen molar-refractivity contribution in [2.75, 3.05) is 25.0 Å². The van der Waals surface area contributed by atoms with Crippen LogP contribution in [-0.4, -0.2) is 43.1 Å². The Kier molecular flexibility index (Phi) is 8.86. The second-order valence-corrected chi connectivity index (χ2v) is 11.6. The van der Waals surface area contributed by atoms with Crippen molar-refractivity contribution in [1.29, 1.82) is 0 Å². The van der Waals surface area contributed by atoms with E-state index >= 15 is 0 Å². The first-order valence-electron chi connectivity index (χ1n) is 13.2. The molecule has 2 unspecified atom stereocenters. The van der Waals surface area contributed by atoms with Gasteiger partial charge in [-0.3, -0.25) is 15.0 Å². The molecule has 2 aliphatic heterocycles. The molecule has 5 rings (SSSR count). The van der Waals surface area contributed by atoms with E-state index in [1.165, 1.54) is 12.1 Å². The standard InChI is InChI=1S/C30H29Cl3FN3O3/c31-22-4-1-19(2-5-22)13-24(14-21(17-35-18-38)20-3-7-26(32)27(33)15-20)37-11-9-30(10-12-37)25-16-23(34)6-8-28(25)36-29(39)40-30/h1-8,15-16,18,21,24H,9-14,17H2,(H,35,38)(H,36,39). The average molecular weight is 605 g/mol. The number of halogens is 4. The van der Waals surface area contributed by atoms with Crippen LogP contribution in [-0.2, 0) is 21.6 Å². The maximum atomic E-state index is 14.2.